The van der Waals surface area contributed by atoms with Crippen LogP contribution in [0.25, 0.3) is 0 Å². The fourth-order valence-electron chi connectivity index (χ4n) is 2.26. The molecule has 5 nitrogen and oxygen atoms in total. The number of hydrogen-bond acceptors (Lipinski definition) is 3. The van der Waals surface area contributed by atoms with Gasteiger partial charge in [0.25, 0.3) is 5.91 Å². The zero-order valence-electron chi connectivity index (χ0n) is 12.5. The SMILES string of the molecule is Cc1cc(NC(=O)c2ccnc(Cl)c2)n(Cc2ccccc2)n1. The maximum absolute atomic E-state index is 12.3. The van der Waals surface area contributed by atoms with Gasteiger partial charge >= 0.3 is 0 Å². The highest BCUT2D eigenvalue weighted by Gasteiger charge is 2.12. The van der Waals surface area contributed by atoms with E-state index < -0.39 is 0 Å². The molecule has 0 radical (unpaired) electrons. The number of aromatic nitrogens is 3. The number of carbonyl (C=O) groups is 1. The number of pyridine rings is 1. The Morgan fingerprint density at radius 2 is 2.00 bits per heavy atom. The van der Waals surface area contributed by atoms with E-state index in [-0.39, 0.29) is 11.1 Å². The van der Waals surface area contributed by atoms with Gasteiger partial charge in [0.05, 0.1) is 12.2 Å². The maximum atomic E-state index is 12.3. The minimum atomic E-state index is -0.247. The zero-order valence-corrected chi connectivity index (χ0v) is 13.3. The van der Waals surface area contributed by atoms with Crippen LogP contribution in [0.4, 0.5) is 5.82 Å². The standard InChI is InChI=1S/C17H15ClN4O/c1-12-9-16(20-17(23)14-7-8-19-15(18)10-14)22(21-12)11-13-5-3-2-4-6-13/h2-10H,11H2,1H3,(H,20,23). The van der Waals surface area contributed by atoms with Gasteiger partial charge in [-0.2, -0.15) is 5.10 Å². The summed E-state index contributed by atoms with van der Waals surface area (Å²) >= 11 is 5.83. The fourth-order valence-corrected chi connectivity index (χ4v) is 2.43. The molecule has 116 valence electrons. The van der Waals surface area contributed by atoms with Gasteiger partial charge in [0.2, 0.25) is 0 Å². The second-order valence-electron chi connectivity index (χ2n) is 5.14. The predicted molar refractivity (Wildman–Crippen MR) is 89.7 cm³/mol. The molecule has 1 N–H and O–H groups in total. The van der Waals surface area contributed by atoms with Crippen LogP contribution >= 0.6 is 11.6 Å². The van der Waals surface area contributed by atoms with E-state index in [1.165, 1.54) is 12.3 Å². The number of carbonyl (C=O) groups excluding carboxylic acids is 1. The predicted octanol–water partition coefficient (Wildman–Crippen LogP) is 3.54. The molecule has 0 bridgehead atoms. The largest absolute Gasteiger partial charge is 0.307 e. The number of hydrogen-bond donors (Lipinski definition) is 1. The van der Waals surface area contributed by atoms with Gasteiger partial charge in [0, 0.05) is 17.8 Å². The van der Waals surface area contributed by atoms with Crippen molar-refractivity contribution in [1.29, 1.82) is 0 Å². The van der Waals surface area contributed by atoms with Crippen LogP contribution in [-0.4, -0.2) is 20.7 Å². The molecule has 23 heavy (non-hydrogen) atoms. The molecule has 0 aliphatic heterocycles. The minimum absolute atomic E-state index is 0.247. The van der Waals surface area contributed by atoms with Gasteiger partial charge in [-0.25, -0.2) is 9.67 Å². The first-order valence-electron chi connectivity index (χ1n) is 7.13. The minimum Gasteiger partial charge on any atom is -0.307 e. The first-order chi connectivity index (χ1) is 11.1. The summed E-state index contributed by atoms with van der Waals surface area (Å²) in [5.74, 6) is 0.396. The van der Waals surface area contributed by atoms with Crippen LogP contribution in [0.1, 0.15) is 21.6 Å². The van der Waals surface area contributed by atoms with Crippen molar-refractivity contribution < 1.29 is 4.79 Å². The number of rotatable bonds is 4. The van der Waals surface area contributed by atoms with Crippen LogP contribution in [0, 0.1) is 6.92 Å². The van der Waals surface area contributed by atoms with Gasteiger partial charge in [0.15, 0.2) is 0 Å². The second-order valence-corrected chi connectivity index (χ2v) is 5.52. The normalized spacial score (nSPS) is 10.5. The molecule has 0 fully saturated rings. The number of anilines is 1. The lowest BCUT2D eigenvalue weighted by Gasteiger charge is -2.09. The maximum Gasteiger partial charge on any atom is 0.256 e. The summed E-state index contributed by atoms with van der Waals surface area (Å²) in [7, 11) is 0. The molecular formula is C17H15ClN4O. The molecule has 2 heterocycles. The lowest BCUT2D eigenvalue weighted by atomic mass is 10.2. The average molecular weight is 327 g/mol. The molecule has 6 heteroatoms. The molecule has 3 aromatic rings. The quantitative estimate of drug-likeness (QED) is 0.746. The first-order valence-corrected chi connectivity index (χ1v) is 7.51. The zero-order chi connectivity index (χ0) is 16.2. The Balaban J connectivity index is 1.82. The van der Waals surface area contributed by atoms with Gasteiger partial charge in [-0.15, -0.1) is 0 Å². The van der Waals surface area contributed by atoms with Crippen LogP contribution in [0.3, 0.4) is 0 Å². The Morgan fingerprint density at radius 3 is 2.74 bits per heavy atom. The van der Waals surface area contributed by atoms with Gasteiger partial charge in [-0.3, -0.25) is 4.79 Å². The second kappa shape index (κ2) is 6.62. The summed E-state index contributed by atoms with van der Waals surface area (Å²) < 4.78 is 1.77. The number of benzene rings is 1. The molecule has 0 spiro atoms. The highest BCUT2D eigenvalue weighted by molar-refractivity contribution is 6.29. The van der Waals surface area contributed by atoms with E-state index in [1.807, 2.05) is 43.3 Å². The first kappa shape index (κ1) is 15.2. The summed E-state index contributed by atoms with van der Waals surface area (Å²) in [6.07, 6.45) is 1.50. The number of aryl methyl sites for hydroxylation is 1. The number of nitrogens with one attached hydrogen (secondary N) is 1. The molecule has 0 aliphatic carbocycles. The van der Waals surface area contributed by atoms with Crippen LogP contribution in [0.5, 0.6) is 0 Å². The van der Waals surface area contributed by atoms with Gasteiger partial charge < -0.3 is 5.32 Å². The average Bonchev–Trinajstić information content (AvgIpc) is 2.87. The number of nitrogens with zero attached hydrogens (tertiary/aromatic N) is 3. The smallest absolute Gasteiger partial charge is 0.256 e. The van der Waals surface area contributed by atoms with Gasteiger partial charge in [-0.05, 0) is 24.6 Å². The highest BCUT2D eigenvalue weighted by Crippen LogP contribution is 2.15. The molecule has 1 amide bonds. The van der Waals surface area contributed by atoms with Crippen LogP contribution in [-0.2, 0) is 6.54 Å². The summed E-state index contributed by atoms with van der Waals surface area (Å²) in [6.45, 7) is 2.47. The van der Waals surface area contributed by atoms with E-state index in [2.05, 4.69) is 15.4 Å². The van der Waals surface area contributed by atoms with E-state index in [9.17, 15) is 4.79 Å². The van der Waals surface area contributed by atoms with E-state index in [1.54, 1.807) is 10.7 Å². The summed E-state index contributed by atoms with van der Waals surface area (Å²) in [5.41, 5.74) is 2.40. The molecule has 0 aliphatic rings. The molecule has 0 saturated carbocycles. The Bertz CT molecular complexity index is 830. The van der Waals surface area contributed by atoms with E-state index in [0.717, 1.165) is 11.3 Å². The van der Waals surface area contributed by atoms with Gasteiger partial charge in [-0.1, -0.05) is 41.9 Å². The molecule has 3 rings (SSSR count). The van der Waals surface area contributed by atoms with Crippen molar-refractivity contribution in [2.45, 2.75) is 13.5 Å². The Hall–Kier alpha value is -2.66. The molecular weight excluding hydrogens is 312 g/mol. The lowest BCUT2D eigenvalue weighted by molar-refractivity contribution is 0.102. The number of amides is 1. The van der Waals surface area contributed by atoms with Gasteiger partial charge in [0.1, 0.15) is 11.0 Å². The molecule has 0 saturated heterocycles. The van der Waals surface area contributed by atoms with Crippen molar-refractivity contribution in [3.63, 3.8) is 0 Å². The molecule has 0 unspecified atom stereocenters. The summed E-state index contributed by atoms with van der Waals surface area (Å²) in [5, 5.41) is 7.59. The van der Waals surface area contributed by atoms with Crippen molar-refractivity contribution in [2.75, 3.05) is 5.32 Å². The van der Waals surface area contributed by atoms with Crippen molar-refractivity contribution >= 4 is 23.3 Å². The fraction of sp³-hybridized carbons (Fsp3) is 0.118. The topological polar surface area (TPSA) is 59.8 Å². The van der Waals surface area contributed by atoms with E-state index in [4.69, 9.17) is 11.6 Å². The molecule has 2 aromatic heterocycles. The number of halogens is 1. The van der Waals surface area contributed by atoms with Crippen molar-refractivity contribution in [2.24, 2.45) is 0 Å². The van der Waals surface area contributed by atoms with Crippen LogP contribution < -0.4 is 5.32 Å². The molecule has 0 atom stereocenters. The van der Waals surface area contributed by atoms with Crippen molar-refractivity contribution in [3.05, 3.63) is 76.7 Å². The molecule has 1 aromatic carbocycles. The Kier molecular flexibility index (Phi) is 4.39. The monoisotopic (exact) mass is 326 g/mol. The van der Waals surface area contributed by atoms with Crippen molar-refractivity contribution in [3.8, 4) is 0 Å². The third-order valence-electron chi connectivity index (χ3n) is 3.31. The van der Waals surface area contributed by atoms with Crippen molar-refractivity contribution in [1.82, 2.24) is 14.8 Å². The van der Waals surface area contributed by atoms with E-state index in [0.29, 0.717) is 17.9 Å². The van der Waals surface area contributed by atoms with E-state index >= 15 is 0 Å². The Labute approximate surface area is 138 Å². The summed E-state index contributed by atoms with van der Waals surface area (Å²) in [4.78, 5) is 16.2. The third kappa shape index (κ3) is 3.76. The summed E-state index contributed by atoms with van der Waals surface area (Å²) in [6, 6.07) is 14.9. The van der Waals surface area contributed by atoms with Crippen LogP contribution in [0.15, 0.2) is 54.7 Å². The Morgan fingerprint density at radius 1 is 1.22 bits per heavy atom. The van der Waals surface area contributed by atoms with Crippen LogP contribution in [0.2, 0.25) is 5.15 Å². The third-order valence-corrected chi connectivity index (χ3v) is 3.51. The highest BCUT2D eigenvalue weighted by atomic mass is 35.5. The lowest BCUT2D eigenvalue weighted by Crippen LogP contribution is -2.16.